The van der Waals surface area contributed by atoms with E-state index in [1.54, 1.807) is 0 Å². The molecule has 19 heavy (non-hydrogen) atoms. The predicted octanol–water partition coefficient (Wildman–Crippen LogP) is 1.86. The van der Waals surface area contributed by atoms with Gasteiger partial charge in [0.1, 0.15) is 0 Å². The highest BCUT2D eigenvalue weighted by atomic mass is 16.4. The van der Waals surface area contributed by atoms with E-state index in [1.165, 1.54) is 0 Å². The van der Waals surface area contributed by atoms with E-state index in [-0.39, 0.29) is 18.9 Å². The minimum Gasteiger partial charge on any atom is -0.481 e. The number of hydrogen-bond donors (Lipinski definition) is 3. The number of carbonyl (C=O) groups excluding carboxylic acids is 1. The molecule has 0 saturated carbocycles. The third-order valence-electron chi connectivity index (χ3n) is 2.67. The topological polar surface area (TPSA) is 78.4 Å². The molecular weight excluding hydrogens is 244 g/mol. The van der Waals surface area contributed by atoms with Crippen molar-refractivity contribution >= 4 is 17.6 Å². The summed E-state index contributed by atoms with van der Waals surface area (Å²) in [5.74, 6) is -1.01. The minimum absolute atomic E-state index is 0.0411. The lowest BCUT2D eigenvalue weighted by atomic mass is 9.98. The largest absolute Gasteiger partial charge is 0.481 e. The van der Waals surface area contributed by atoms with Crippen molar-refractivity contribution in [1.29, 1.82) is 0 Å². The molecule has 0 bridgehead atoms. The van der Waals surface area contributed by atoms with Gasteiger partial charge in [-0.1, -0.05) is 18.2 Å². The zero-order chi connectivity index (χ0) is 14.3. The summed E-state index contributed by atoms with van der Waals surface area (Å²) in [4.78, 5) is 22.3. The van der Waals surface area contributed by atoms with Crippen LogP contribution >= 0.6 is 0 Å². The van der Waals surface area contributed by atoms with E-state index in [0.717, 1.165) is 5.69 Å². The van der Waals surface area contributed by atoms with Gasteiger partial charge in [0.05, 0.1) is 6.54 Å². The summed E-state index contributed by atoms with van der Waals surface area (Å²) in [6, 6.07) is 9.43. The molecule has 1 aromatic carbocycles. The van der Waals surface area contributed by atoms with E-state index in [9.17, 15) is 9.59 Å². The van der Waals surface area contributed by atoms with Crippen LogP contribution in [0.5, 0.6) is 0 Å². The van der Waals surface area contributed by atoms with Crippen LogP contribution in [0, 0.1) is 0 Å². The first-order chi connectivity index (χ1) is 8.89. The Balaban J connectivity index is 2.36. The highest BCUT2D eigenvalue weighted by Gasteiger charge is 2.21. The van der Waals surface area contributed by atoms with Crippen molar-refractivity contribution in [1.82, 2.24) is 5.32 Å². The average Bonchev–Trinajstić information content (AvgIpc) is 2.35. The summed E-state index contributed by atoms with van der Waals surface area (Å²) in [6.45, 7) is 3.80. The second kappa shape index (κ2) is 6.78. The monoisotopic (exact) mass is 264 g/mol. The van der Waals surface area contributed by atoms with Crippen LogP contribution in [0.15, 0.2) is 30.3 Å². The highest BCUT2D eigenvalue weighted by Crippen LogP contribution is 2.11. The molecule has 0 fully saturated rings. The molecule has 0 spiro atoms. The van der Waals surface area contributed by atoms with Gasteiger partial charge in [0.15, 0.2) is 0 Å². The van der Waals surface area contributed by atoms with Crippen LogP contribution in [0.3, 0.4) is 0 Å². The average molecular weight is 264 g/mol. The van der Waals surface area contributed by atoms with Crippen molar-refractivity contribution < 1.29 is 14.7 Å². The van der Waals surface area contributed by atoms with Crippen molar-refractivity contribution in [3.05, 3.63) is 30.3 Å². The lowest BCUT2D eigenvalue weighted by molar-refractivity contribution is -0.137. The number of rotatable bonds is 7. The Bertz CT molecular complexity index is 430. The Hall–Kier alpha value is -2.04. The maximum atomic E-state index is 11.8. The second-order valence-electron chi connectivity index (χ2n) is 5.05. The number of carboxylic acids is 1. The summed E-state index contributed by atoms with van der Waals surface area (Å²) in [5.41, 5.74) is 0.356. The number of carbonyl (C=O) groups is 2. The molecule has 0 heterocycles. The van der Waals surface area contributed by atoms with Crippen molar-refractivity contribution in [3.8, 4) is 0 Å². The van der Waals surface area contributed by atoms with E-state index in [2.05, 4.69) is 10.6 Å². The van der Waals surface area contributed by atoms with Gasteiger partial charge in [0.2, 0.25) is 5.91 Å². The molecule has 1 amide bonds. The van der Waals surface area contributed by atoms with Gasteiger partial charge in [-0.25, -0.2) is 0 Å². The van der Waals surface area contributed by atoms with Gasteiger partial charge in [0, 0.05) is 17.6 Å². The van der Waals surface area contributed by atoms with Gasteiger partial charge < -0.3 is 15.7 Å². The molecule has 3 N–H and O–H groups in total. The Morgan fingerprint density at radius 1 is 1.21 bits per heavy atom. The number of aliphatic carboxylic acids is 1. The standard InChI is InChI=1S/C14H20N2O3/c1-14(2,9-8-13(18)19)16-12(17)10-15-11-6-4-3-5-7-11/h3-7,15H,8-10H2,1-2H3,(H,16,17)(H,18,19). The number of anilines is 1. The van der Waals surface area contributed by atoms with E-state index in [4.69, 9.17) is 5.11 Å². The van der Waals surface area contributed by atoms with Gasteiger partial charge in [0.25, 0.3) is 0 Å². The maximum absolute atomic E-state index is 11.8. The molecule has 1 rings (SSSR count). The summed E-state index contributed by atoms with van der Waals surface area (Å²) < 4.78 is 0. The molecule has 0 saturated heterocycles. The third kappa shape index (κ3) is 6.45. The molecule has 0 aliphatic heterocycles. The van der Waals surface area contributed by atoms with Gasteiger partial charge in [-0.3, -0.25) is 9.59 Å². The van der Waals surface area contributed by atoms with Crippen LogP contribution in [0.1, 0.15) is 26.7 Å². The maximum Gasteiger partial charge on any atom is 0.303 e. The quantitative estimate of drug-likeness (QED) is 0.702. The van der Waals surface area contributed by atoms with Crippen LogP contribution in [-0.2, 0) is 9.59 Å². The summed E-state index contributed by atoms with van der Waals surface area (Å²) in [7, 11) is 0. The lowest BCUT2D eigenvalue weighted by Crippen LogP contribution is -2.46. The first kappa shape index (κ1) is 15.0. The normalized spacial score (nSPS) is 10.8. The third-order valence-corrected chi connectivity index (χ3v) is 2.67. The first-order valence-corrected chi connectivity index (χ1v) is 6.21. The molecule has 0 atom stereocenters. The fourth-order valence-corrected chi connectivity index (χ4v) is 1.64. The number of benzene rings is 1. The van der Waals surface area contributed by atoms with E-state index >= 15 is 0 Å². The van der Waals surface area contributed by atoms with E-state index in [0.29, 0.717) is 6.42 Å². The molecule has 5 heteroatoms. The Morgan fingerprint density at radius 2 is 1.84 bits per heavy atom. The van der Waals surface area contributed by atoms with Crippen LogP contribution in [0.25, 0.3) is 0 Å². The smallest absolute Gasteiger partial charge is 0.303 e. The fourth-order valence-electron chi connectivity index (χ4n) is 1.64. The molecule has 1 aromatic rings. The molecule has 5 nitrogen and oxygen atoms in total. The number of carboxylic acid groups (broad SMARTS) is 1. The molecule has 0 aliphatic carbocycles. The lowest BCUT2D eigenvalue weighted by Gasteiger charge is -2.25. The Labute approximate surface area is 113 Å². The molecule has 0 radical (unpaired) electrons. The van der Waals surface area contributed by atoms with E-state index < -0.39 is 11.5 Å². The summed E-state index contributed by atoms with van der Waals surface area (Å²) >= 11 is 0. The number of amides is 1. The van der Waals surface area contributed by atoms with Crippen molar-refractivity contribution in [2.24, 2.45) is 0 Å². The van der Waals surface area contributed by atoms with Crippen LogP contribution in [-0.4, -0.2) is 29.1 Å². The molecule has 0 aliphatic rings. The Morgan fingerprint density at radius 3 is 2.42 bits per heavy atom. The first-order valence-electron chi connectivity index (χ1n) is 6.21. The fraction of sp³-hybridized carbons (Fsp3) is 0.429. The zero-order valence-corrected chi connectivity index (χ0v) is 11.3. The number of nitrogens with one attached hydrogen (secondary N) is 2. The molecule has 0 unspecified atom stereocenters. The van der Waals surface area contributed by atoms with Crippen LogP contribution < -0.4 is 10.6 Å². The van der Waals surface area contributed by atoms with Crippen molar-refractivity contribution in [2.75, 3.05) is 11.9 Å². The van der Waals surface area contributed by atoms with Gasteiger partial charge in [-0.05, 0) is 32.4 Å². The number of para-hydroxylation sites is 1. The van der Waals surface area contributed by atoms with E-state index in [1.807, 2.05) is 44.2 Å². The van der Waals surface area contributed by atoms with Crippen LogP contribution in [0.2, 0.25) is 0 Å². The molecule has 0 aromatic heterocycles. The van der Waals surface area contributed by atoms with Gasteiger partial charge in [-0.15, -0.1) is 0 Å². The van der Waals surface area contributed by atoms with Crippen LogP contribution in [0.4, 0.5) is 5.69 Å². The van der Waals surface area contributed by atoms with Gasteiger partial charge in [-0.2, -0.15) is 0 Å². The molecule has 104 valence electrons. The Kier molecular flexibility index (Phi) is 5.36. The molecular formula is C14H20N2O3. The van der Waals surface area contributed by atoms with Gasteiger partial charge >= 0.3 is 5.97 Å². The van der Waals surface area contributed by atoms with Crippen molar-refractivity contribution in [3.63, 3.8) is 0 Å². The second-order valence-corrected chi connectivity index (χ2v) is 5.05. The summed E-state index contributed by atoms with van der Waals surface area (Å²) in [5, 5.41) is 14.5. The predicted molar refractivity (Wildman–Crippen MR) is 74.0 cm³/mol. The zero-order valence-electron chi connectivity index (χ0n) is 11.3. The SMILES string of the molecule is CC(C)(CCC(=O)O)NC(=O)CNc1ccccc1. The highest BCUT2D eigenvalue weighted by molar-refractivity contribution is 5.81. The number of hydrogen-bond acceptors (Lipinski definition) is 3. The van der Waals surface area contributed by atoms with Crippen molar-refractivity contribution in [2.45, 2.75) is 32.2 Å². The minimum atomic E-state index is -0.857. The summed E-state index contributed by atoms with van der Waals surface area (Å²) in [6.07, 6.45) is 0.443.